The van der Waals surface area contributed by atoms with E-state index in [-0.39, 0.29) is 17.4 Å². The van der Waals surface area contributed by atoms with Crippen LogP contribution in [0.15, 0.2) is 53.4 Å². The summed E-state index contributed by atoms with van der Waals surface area (Å²) in [5, 5.41) is 2.76. The summed E-state index contributed by atoms with van der Waals surface area (Å²) in [6, 6.07) is 13.4. The summed E-state index contributed by atoms with van der Waals surface area (Å²) in [4.78, 5) is 12.7. The van der Waals surface area contributed by atoms with Crippen molar-refractivity contribution in [2.45, 2.75) is 36.7 Å². The molecule has 2 aliphatic rings. The minimum absolute atomic E-state index is 0.115. The second-order valence-electron chi connectivity index (χ2n) is 7.20. The number of amides is 1. The number of nitrogens with one attached hydrogen (secondary N) is 1. The molecule has 1 amide bonds. The van der Waals surface area contributed by atoms with Crippen LogP contribution in [0.3, 0.4) is 0 Å². The van der Waals surface area contributed by atoms with Gasteiger partial charge in [-0.15, -0.1) is 0 Å². The number of para-hydroxylation sites is 2. The molecule has 29 heavy (non-hydrogen) atoms. The molecule has 0 unspecified atom stereocenters. The number of rotatable bonds is 4. The maximum atomic E-state index is 12.8. The summed E-state index contributed by atoms with van der Waals surface area (Å²) >= 11 is 0. The van der Waals surface area contributed by atoms with E-state index in [2.05, 4.69) is 5.32 Å². The van der Waals surface area contributed by atoms with Gasteiger partial charge in [-0.2, -0.15) is 4.31 Å². The third-order valence-electron chi connectivity index (χ3n) is 5.13. The lowest BCUT2D eigenvalue weighted by atomic mass is 10.2. The van der Waals surface area contributed by atoms with E-state index in [1.165, 1.54) is 12.1 Å². The minimum Gasteiger partial charge on any atom is -0.485 e. The Kier molecular flexibility index (Phi) is 5.73. The quantitative estimate of drug-likeness (QED) is 0.828. The molecule has 2 aliphatic heterocycles. The number of ether oxygens (including phenoxy) is 2. The fraction of sp³-hybridized carbons (Fsp3) is 0.381. The normalized spacial score (nSPS) is 19.9. The topological polar surface area (TPSA) is 84.9 Å². The lowest BCUT2D eigenvalue weighted by Gasteiger charge is -2.25. The van der Waals surface area contributed by atoms with Crippen molar-refractivity contribution < 1.29 is 22.7 Å². The van der Waals surface area contributed by atoms with Crippen molar-refractivity contribution in [1.82, 2.24) is 4.31 Å². The molecule has 8 heteroatoms. The van der Waals surface area contributed by atoms with Crippen molar-refractivity contribution in [1.29, 1.82) is 0 Å². The van der Waals surface area contributed by atoms with Crippen LogP contribution in [0, 0.1) is 0 Å². The second-order valence-corrected chi connectivity index (χ2v) is 9.13. The van der Waals surface area contributed by atoms with Crippen molar-refractivity contribution in [2.24, 2.45) is 0 Å². The predicted molar refractivity (Wildman–Crippen MR) is 109 cm³/mol. The average molecular weight is 416 g/mol. The third kappa shape index (κ3) is 4.38. The van der Waals surface area contributed by atoms with Gasteiger partial charge in [0.1, 0.15) is 6.61 Å². The van der Waals surface area contributed by atoms with Gasteiger partial charge in [-0.1, -0.05) is 25.0 Å². The molecule has 2 aromatic rings. The monoisotopic (exact) mass is 416 g/mol. The molecule has 0 spiro atoms. The van der Waals surface area contributed by atoms with Crippen LogP contribution in [0.5, 0.6) is 11.5 Å². The fourth-order valence-electron chi connectivity index (χ4n) is 3.51. The van der Waals surface area contributed by atoms with Crippen LogP contribution in [0.4, 0.5) is 5.69 Å². The van der Waals surface area contributed by atoms with Crippen LogP contribution in [-0.2, 0) is 14.8 Å². The lowest BCUT2D eigenvalue weighted by molar-refractivity contribution is -0.125. The summed E-state index contributed by atoms with van der Waals surface area (Å²) in [6.45, 7) is 1.23. The fourth-order valence-corrected chi connectivity index (χ4v) is 5.03. The highest BCUT2D eigenvalue weighted by Gasteiger charge is 2.28. The van der Waals surface area contributed by atoms with E-state index in [9.17, 15) is 13.2 Å². The third-order valence-corrected chi connectivity index (χ3v) is 7.04. The molecular weight excluding hydrogens is 392 g/mol. The average Bonchev–Trinajstić information content (AvgIpc) is 3.04. The Morgan fingerprint density at radius 2 is 1.59 bits per heavy atom. The van der Waals surface area contributed by atoms with Crippen LogP contribution in [0.25, 0.3) is 0 Å². The van der Waals surface area contributed by atoms with E-state index in [0.29, 0.717) is 30.3 Å². The van der Waals surface area contributed by atoms with Gasteiger partial charge in [0.05, 0.1) is 4.90 Å². The van der Waals surface area contributed by atoms with E-state index in [0.717, 1.165) is 25.7 Å². The van der Waals surface area contributed by atoms with E-state index in [1.54, 1.807) is 28.6 Å². The molecule has 0 aliphatic carbocycles. The molecule has 1 N–H and O–H groups in total. The highest BCUT2D eigenvalue weighted by molar-refractivity contribution is 7.89. The number of anilines is 1. The first kappa shape index (κ1) is 19.7. The van der Waals surface area contributed by atoms with Crippen LogP contribution >= 0.6 is 0 Å². The maximum absolute atomic E-state index is 12.8. The summed E-state index contributed by atoms with van der Waals surface area (Å²) in [5.41, 5.74) is 0.507. The zero-order valence-corrected chi connectivity index (χ0v) is 16.9. The number of benzene rings is 2. The standard InChI is InChI=1S/C21H24N2O5S/c24-21(20-15-27-18-7-3-4-8-19(18)28-20)22-16-9-11-17(12-10-16)29(25,26)23-13-5-1-2-6-14-23/h3-4,7-12,20H,1-2,5-6,13-15H2,(H,22,24)/t20-/m0/s1. The second kappa shape index (κ2) is 8.42. The van der Waals surface area contributed by atoms with Gasteiger partial charge in [0.25, 0.3) is 5.91 Å². The number of nitrogens with zero attached hydrogens (tertiary/aromatic N) is 1. The van der Waals surface area contributed by atoms with Gasteiger partial charge in [-0.25, -0.2) is 8.42 Å². The summed E-state index contributed by atoms with van der Waals surface area (Å²) in [6.07, 6.45) is 3.13. The number of fused-ring (bicyclic) bond motifs is 1. The minimum atomic E-state index is -3.51. The maximum Gasteiger partial charge on any atom is 0.269 e. The Balaban J connectivity index is 1.41. The van der Waals surface area contributed by atoms with Crippen LogP contribution in [0.2, 0.25) is 0 Å². The van der Waals surface area contributed by atoms with Crippen LogP contribution in [-0.4, -0.2) is 44.4 Å². The Morgan fingerprint density at radius 3 is 2.28 bits per heavy atom. The Morgan fingerprint density at radius 1 is 0.931 bits per heavy atom. The number of sulfonamides is 1. The molecule has 1 atom stereocenters. The van der Waals surface area contributed by atoms with Crippen molar-refractivity contribution in [3.8, 4) is 11.5 Å². The first-order valence-electron chi connectivity index (χ1n) is 9.83. The summed E-state index contributed by atoms with van der Waals surface area (Å²) < 4.78 is 38.5. The molecular formula is C21H24N2O5S. The zero-order valence-electron chi connectivity index (χ0n) is 16.0. The predicted octanol–water partition coefficient (Wildman–Crippen LogP) is 3.03. The molecule has 4 rings (SSSR count). The zero-order chi connectivity index (χ0) is 20.3. The SMILES string of the molecule is O=C(Nc1ccc(S(=O)(=O)N2CCCCCC2)cc1)[C@@H]1COc2ccccc2O1. The van der Waals surface area contributed by atoms with Gasteiger partial charge in [0.2, 0.25) is 16.1 Å². The summed E-state index contributed by atoms with van der Waals surface area (Å²) in [5.74, 6) is 0.792. The van der Waals surface area contributed by atoms with E-state index in [4.69, 9.17) is 9.47 Å². The highest BCUT2D eigenvalue weighted by atomic mass is 32.2. The van der Waals surface area contributed by atoms with Gasteiger partial charge in [0.15, 0.2) is 11.5 Å². The molecule has 2 aromatic carbocycles. The van der Waals surface area contributed by atoms with Crippen molar-refractivity contribution in [3.05, 3.63) is 48.5 Å². The Hall–Kier alpha value is -2.58. The number of carbonyl (C=O) groups is 1. The smallest absolute Gasteiger partial charge is 0.269 e. The number of hydrogen-bond acceptors (Lipinski definition) is 5. The Labute approximate surface area is 170 Å². The summed E-state index contributed by atoms with van der Waals surface area (Å²) in [7, 11) is -3.51. The van der Waals surface area contributed by atoms with Gasteiger partial charge in [-0.05, 0) is 49.2 Å². The van der Waals surface area contributed by atoms with Crippen LogP contribution in [0.1, 0.15) is 25.7 Å². The Bertz CT molecular complexity index is 967. The molecule has 154 valence electrons. The molecule has 0 radical (unpaired) electrons. The first-order valence-corrected chi connectivity index (χ1v) is 11.3. The van der Waals surface area contributed by atoms with Crippen molar-refractivity contribution >= 4 is 21.6 Å². The molecule has 2 heterocycles. The van der Waals surface area contributed by atoms with Crippen molar-refractivity contribution in [2.75, 3.05) is 25.0 Å². The van der Waals surface area contributed by atoms with Gasteiger partial charge < -0.3 is 14.8 Å². The highest BCUT2D eigenvalue weighted by Crippen LogP contribution is 2.31. The number of carbonyl (C=O) groups excluding carboxylic acids is 1. The molecule has 1 fully saturated rings. The molecule has 1 saturated heterocycles. The van der Waals surface area contributed by atoms with E-state index >= 15 is 0 Å². The van der Waals surface area contributed by atoms with Crippen LogP contribution < -0.4 is 14.8 Å². The van der Waals surface area contributed by atoms with Gasteiger partial charge in [0, 0.05) is 18.8 Å². The molecule has 0 aromatic heterocycles. The largest absolute Gasteiger partial charge is 0.485 e. The van der Waals surface area contributed by atoms with E-state index in [1.807, 2.05) is 12.1 Å². The first-order chi connectivity index (χ1) is 14.0. The van der Waals surface area contributed by atoms with Gasteiger partial charge in [-0.3, -0.25) is 4.79 Å². The lowest BCUT2D eigenvalue weighted by Crippen LogP contribution is -2.40. The van der Waals surface area contributed by atoms with Gasteiger partial charge >= 0.3 is 0 Å². The molecule has 0 saturated carbocycles. The molecule has 7 nitrogen and oxygen atoms in total. The van der Waals surface area contributed by atoms with Crippen molar-refractivity contribution in [3.63, 3.8) is 0 Å². The molecule has 0 bridgehead atoms. The van der Waals surface area contributed by atoms with E-state index < -0.39 is 16.1 Å². The number of hydrogen-bond donors (Lipinski definition) is 1.